The summed E-state index contributed by atoms with van der Waals surface area (Å²) in [5, 5.41) is 23.3. The Labute approximate surface area is 392 Å². The zero-order valence-electron chi connectivity index (χ0n) is 42.1. The van der Waals surface area contributed by atoms with Gasteiger partial charge in [0.2, 0.25) is 5.91 Å². The Kier molecular flexibility index (Phi) is 51.1. The number of aliphatic hydroxyl groups excluding tert-OH is 2. The van der Waals surface area contributed by atoms with Crippen molar-refractivity contribution in [2.24, 2.45) is 0 Å². The highest BCUT2D eigenvalue weighted by molar-refractivity contribution is 5.76. The Bertz CT molecular complexity index is 1020. The van der Waals surface area contributed by atoms with E-state index < -0.39 is 12.1 Å². The molecule has 0 aromatic heterocycles. The van der Waals surface area contributed by atoms with E-state index in [1.807, 2.05) is 0 Å². The van der Waals surface area contributed by atoms with E-state index >= 15 is 0 Å². The fourth-order valence-electron chi connectivity index (χ4n) is 8.38. The summed E-state index contributed by atoms with van der Waals surface area (Å²) in [5.74, 6) is -0.0641. The number of nitrogens with one attached hydrogen (secondary N) is 1. The molecule has 0 rings (SSSR count). The number of hydrogen-bond acceptors (Lipinski definition) is 5. The van der Waals surface area contributed by atoms with Gasteiger partial charge in [-0.25, -0.2) is 0 Å². The number of aliphatic hydroxyl groups is 2. The molecule has 0 aliphatic rings. The SMILES string of the molecule is CCC/C=C\C/C=C\CCCCCCCC(=O)OCCCCCCCC/C=C\CCCCCCCCCC(=O)NC(CO)C(O)CCCCCCCCCCCCCCCCCC. The number of hydrogen-bond donors (Lipinski definition) is 3. The Morgan fingerprint density at radius 1 is 0.444 bits per heavy atom. The second-order valence-electron chi connectivity index (χ2n) is 18.9. The van der Waals surface area contributed by atoms with Gasteiger partial charge < -0.3 is 20.3 Å². The summed E-state index contributed by atoms with van der Waals surface area (Å²) in [6, 6.07) is -0.551. The number of unbranched alkanes of at least 4 members (excludes halogenated alkanes) is 34. The third-order valence-electron chi connectivity index (χ3n) is 12.6. The van der Waals surface area contributed by atoms with Crippen molar-refractivity contribution < 1.29 is 24.5 Å². The molecule has 3 N–H and O–H groups in total. The molecule has 0 aromatic carbocycles. The first-order valence-electron chi connectivity index (χ1n) is 27.7. The second kappa shape index (κ2) is 52.7. The minimum atomic E-state index is -0.673. The molecule has 63 heavy (non-hydrogen) atoms. The summed E-state index contributed by atoms with van der Waals surface area (Å²) in [6.07, 6.45) is 64.1. The summed E-state index contributed by atoms with van der Waals surface area (Å²) in [4.78, 5) is 24.5. The van der Waals surface area contributed by atoms with E-state index in [2.05, 4.69) is 55.6 Å². The van der Waals surface area contributed by atoms with Crippen molar-refractivity contribution in [3.8, 4) is 0 Å². The van der Waals surface area contributed by atoms with E-state index in [1.54, 1.807) is 0 Å². The molecule has 0 aliphatic carbocycles. The van der Waals surface area contributed by atoms with Crippen LogP contribution in [0.25, 0.3) is 0 Å². The van der Waals surface area contributed by atoms with Crippen LogP contribution in [0.15, 0.2) is 36.5 Å². The second-order valence-corrected chi connectivity index (χ2v) is 18.9. The maximum absolute atomic E-state index is 12.5. The van der Waals surface area contributed by atoms with Gasteiger partial charge in [0.15, 0.2) is 0 Å². The number of amides is 1. The standard InChI is InChI=1S/C57H107NO5/c1-3-5-7-9-11-13-15-17-18-22-26-29-33-37-41-45-49-55(60)54(53-59)58-56(61)50-46-42-38-34-30-27-23-20-19-21-24-28-32-36-40-44-48-52-63-57(62)51-47-43-39-35-31-25-16-14-12-10-8-6-4-2/h8,10,14,16,19,21,54-55,59-60H,3-7,9,11-13,15,17-18,20,22-53H2,1-2H3,(H,58,61)/b10-8-,16-14-,21-19-. The summed E-state index contributed by atoms with van der Waals surface area (Å²) in [7, 11) is 0. The van der Waals surface area contributed by atoms with Crippen molar-refractivity contribution >= 4 is 11.9 Å². The molecule has 0 heterocycles. The van der Waals surface area contributed by atoms with Gasteiger partial charge in [0.25, 0.3) is 0 Å². The average Bonchev–Trinajstić information content (AvgIpc) is 3.28. The summed E-state index contributed by atoms with van der Waals surface area (Å²) >= 11 is 0. The van der Waals surface area contributed by atoms with Crippen molar-refractivity contribution in [2.75, 3.05) is 13.2 Å². The van der Waals surface area contributed by atoms with Gasteiger partial charge in [-0.1, -0.05) is 237 Å². The van der Waals surface area contributed by atoms with Crippen molar-refractivity contribution in [1.29, 1.82) is 0 Å². The maximum Gasteiger partial charge on any atom is 0.305 e. The third-order valence-corrected chi connectivity index (χ3v) is 12.6. The fourth-order valence-corrected chi connectivity index (χ4v) is 8.38. The van der Waals surface area contributed by atoms with Gasteiger partial charge >= 0.3 is 5.97 Å². The minimum Gasteiger partial charge on any atom is -0.466 e. The molecular weight excluding hydrogens is 779 g/mol. The van der Waals surface area contributed by atoms with Crippen LogP contribution in [0.5, 0.6) is 0 Å². The highest BCUT2D eigenvalue weighted by Gasteiger charge is 2.20. The molecule has 0 spiro atoms. The van der Waals surface area contributed by atoms with Crippen LogP contribution in [0.2, 0.25) is 0 Å². The van der Waals surface area contributed by atoms with Gasteiger partial charge in [-0.2, -0.15) is 0 Å². The zero-order chi connectivity index (χ0) is 45.8. The lowest BCUT2D eigenvalue weighted by molar-refractivity contribution is -0.143. The predicted molar refractivity (Wildman–Crippen MR) is 273 cm³/mol. The summed E-state index contributed by atoms with van der Waals surface area (Å²) in [5.41, 5.74) is 0. The molecule has 0 fully saturated rings. The quantitative estimate of drug-likeness (QED) is 0.0321. The van der Waals surface area contributed by atoms with Crippen LogP contribution in [0, 0.1) is 0 Å². The Morgan fingerprint density at radius 3 is 1.29 bits per heavy atom. The zero-order valence-corrected chi connectivity index (χ0v) is 42.1. The van der Waals surface area contributed by atoms with E-state index in [0.717, 1.165) is 64.2 Å². The lowest BCUT2D eigenvalue weighted by Crippen LogP contribution is -2.45. The fraction of sp³-hybridized carbons (Fsp3) is 0.860. The largest absolute Gasteiger partial charge is 0.466 e. The van der Waals surface area contributed by atoms with Crippen molar-refractivity contribution in [1.82, 2.24) is 5.32 Å². The lowest BCUT2D eigenvalue weighted by atomic mass is 10.0. The first-order chi connectivity index (χ1) is 31.0. The lowest BCUT2D eigenvalue weighted by Gasteiger charge is -2.22. The van der Waals surface area contributed by atoms with Crippen LogP contribution < -0.4 is 5.32 Å². The molecule has 6 heteroatoms. The van der Waals surface area contributed by atoms with Crippen molar-refractivity contribution in [3.05, 3.63) is 36.5 Å². The third kappa shape index (κ3) is 49.4. The molecule has 0 aliphatic heterocycles. The molecule has 6 nitrogen and oxygen atoms in total. The van der Waals surface area contributed by atoms with E-state index in [9.17, 15) is 19.8 Å². The molecule has 1 amide bonds. The highest BCUT2D eigenvalue weighted by Crippen LogP contribution is 2.16. The Balaban J connectivity index is 3.47. The first kappa shape index (κ1) is 61.1. The number of allylic oxidation sites excluding steroid dienone is 6. The highest BCUT2D eigenvalue weighted by atomic mass is 16.5. The average molecular weight is 886 g/mol. The number of esters is 1. The smallest absolute Gasteiger partial charge is 0.305 e. The molecule has 0 saturated heterocycles. The van der Waals surface area contributed by atoms with Gasteiger partial charge in [0, 0.05) is 12.8 Å². The van der Waals surface area contributed by atoms with Gasteiger partial charge in [-0.15, -0.1) is 0 Å². The van der Waals surface area contributed by atoms with Gasteiger partial charge in [0.1, 0.15) is 0 Å². The monoisotopic (exact) mass is 886 g/mol. The topological polar surface area (TPSA) is 95.9 Å². The van der Waals surface area contributed by atoms with Crippen LogP contribution in [0.3, 0.4) is 0 Å². The Hall–Kier alpha value is -1.92. The minimum absolute atomic E-state index is 0.0174. The summed E-state index contributed by atoms with van der Waals surface area (Å²) in [6.45, 7) is 4.86. The van der Waals surface area contributed by atoms with Crippen molar-refractivity contribution in [2.45, 2.75) is 302 Å². The van der Waals surface area contributed by atoms with Crippen LogP contribution >= 0.6 is 0 Å². The molecule has 0 aromatic rings. The number of ether oxygens (including phenoxy) is 1. The molecular formula is C57H107NO5. The maximum atomic E-state index is 12.5. The number of carbonyl (C=O) groups excluding carboxylic acids is 2. The van der Waals surface area contributed by atoms with E-state index in [4.69, 9.17) is 4.74 Å². The van der Waals surface area contributed by atoms with Crippen LogP contribution in [0.4, 0.5) is 0 Å². The van der Waals surface area contributed by atoms with Gasteiger partial charge in [-0.05, 0) is 77.0 Å². The Morgan fingerprint density at radius 2 is 0.825 bits per heavy atom. The van der Waals surface area contributed by atoms with Crippen LogP contribution in [-0.4, -0.2) is 47.4 Å². The predicted octanol–water partition coefficient (Wildman–Crippen LogP) is 16.9. The number of rotatable bonds is 51. The van der Waals surface area contributed by atoms with E-state index in [-0.39, 0.29) is 18.5 Å². The molecule has 2 unspecified atom stereocenters. The molecule has 0 saturated carbocycles. The van der Waals surface area contributed by atoms with Gasteiger partial charge in [0.05, 0.1) is 25.4 Å². The molecule has 0 bridgehead atoms. The van der Waals surface area contributed by atoms with Crippen LogP contribution in [0.1, 0.15) is 290 Å². The van der Waals surface area contributed by atoms with E-state index in [0.29, 0.717) is 25.9 Å². The van der Waals surface area contributed by atoms with E-state index in [1.165, 1.54) is 193 Å². The molecule has 370 valence electrons. The number of carbonyl (C=O) groups is 2. The summed E-state index contributed by atoms with van der Waals surface area (Å²) < 4.78 is 5.45. The van der Waals surface area contributed by atoms with Crippen molar-refractivity contribution in [3.63, 3.8) is 0 Å². The first-order valence-corrected chi connectivity index (χ1v) is 27.7. The molecule has 0 radical (unpaired) electrons. The normalized spacial score (nSPS) is 12.9. The molecule has 2 atom stereocenters. The van der Waals surface area contributed by atoms with Gasteiger partial charge in [-0.3, -0.25) is 9.59 Å². The van der Waals surface area contributed by atoms with Crippen LogP contribution in [-0.2, 0) is 14.3 Å².